The first kappa shape index (κ1) is 19.9. The van der Waals surface area contributed by atoms with E-state index in [9.17, 15) is 23.3 Å². The zero-order chi connectivity index (χ0) is 20.3. The number of piperazine rings is 1. The van der Waals surface area contributed by atoms with Gasteiger partial charge in [-0.1, -0.05) is 36.4 Å². The number of non-ortho nitro benzene ring substituents is 1. The van der Waals surface area contributed by atoms with Gasteiger partial charge in [-0.25, -0.2) is 8.42 Å². The quantitative estimate of drug-likeness (QED) is 0.568. The van der Waals surface area contributed by atoms with E-state index in [0.29, 0.717) is 13.1 Å². The van der Waals surface area contributed by atoms with Crippen LogP contribution >= 0.6 is 0 Å². The van der Waals surface area contributed by atoms with E-state index in [-0.39, 0.29) is 23.7 Å². The third kappa shape index (κ3) is 4.03. The molecule has 28 heavy (non-hydrogen) atoms. The molecule has 148 valence electrons. The number of hydrogen-bond donors (Lipinski definition) is 1. The largest absolute Gasteiger partial charge is 0.368 e. The molecule has 2 aromatic carbocycles. The van der Waals surface area contributed by atoms with Crippen LogP contribution in [0.4, 0.5) is 5.69 Å². The Labute approximate surface area is 162 Å². The van der Waals surface area contributed by atoms with Crippen molar-refractivity contribution in [3.8, 4) is 0 Å². The number of nitrogens with zero attached hydrogens (tertiary/aromatic N) is 3. The lowest BCUT2D eigenvalue weighted by molar-refractivity contribution is -0.385. The fourth-order valence-corrected chi connectivity index (χ4v) is 4.76. The summed E-state index contributed by atoms with van der Waals surface area (Å²) in [7, 11) is -3.87. The zero-order valence-corrected chi connectivity index (χ0v) is 15.8. The average Bonchev–Trinajstić information content (AvgIpc) is 2.69. The molecule has 1 fully saturated rings. The molecule has 2 N–H and O–H groups in total. The van der Waals surface area contributed by atoms with Crippen molar-refractivity contribution in [1.82, 2.24) is 9.21 Å². The fourth-order valence-electron chi connectivity index (χ4n) is 3.30. The Balaban J connectivity index is 1.76. The van der Waals surface area contributed by atoms with Crippen LogP contribution in [0.3, 0.4) is 0 Å². The first-order valence-corrected chi connectivity index (χ1v) is 10.1. The number of carbonyl (C=O) groups is 1. The highest BCUT2D eigenvalue weighted by Crippen LogP contribution is 2.25. The van der Waals surface area contributed by atoms with E-state index in [1.807, 2.05) is 35.2 Å². The highest BCUT2D eigenvalue weighted by atomic mass is 32.2. The number of nitro groups is 1. The minimum atomic E-state index is -3.87. The van der Waals surface area contributed by atoms with Crippen LogP contribution in [0.1, 0.15) is 11.6 Å². The van der Waals surface area contributed by atoms with Crippen molar-refractivity contribution in [2.24, 2.45) is 5.73 Å². The van der Waals surface area contributed by atoms with Crippen LogP contribution in [0.5, 0.6) is 0 Å². The Kier molecular flexibility index (Phi) is 5.73. The van der Waals surface area contributed by atoms with Crippen LogP contribution in [0, 0.1) is 10.1 Å². The predicted molar refractivity (Wildman–Crippen MR) is 102 cm³/mol. The number of benzene rings is 2. The lowest BCUT2D eigenvalue weighted by atomic mass is 10.0. The van der Waals surface area contributed by atoms with Crippen LogP contribution in [0.2, 0.25) is 0 Å². The summed E-state index contributed by atoms with van der Waals surface area (Å²) in [6.45, 7) is 0.941. The van der Waals surface area contributed by atoms with Crippen molar-refractivity contribution in [2.45, 2.75) is 10.9 Å². The van der Waals surface area contributed by atoms with Gasteiger partial charge < -0.3 is 5.73 Å². The molecule has 1 amide bonds. The van der Waals surface area contributed by atoms with Gasteiger partial charge in [-0.15, -0.1) is 0 Å². The van der Waals surface area contributed by atoms with E-state index >= 15 is 0 Å². The standard InChI is InChI=1S/C18H20N4O5S/c19-18(23)17(14-5-2-1-3-6-14)20-9-11-21(12-10-20)28(26,27)16-8-4-7-15(13-16)22(24)25/h1-8,13,17H,9-12H2,(H2,19,23). The van der Waals surface area contributed by atoms with Gasteiger partial charge in [0.2, 0.25) is 15.9 Å². The van der Waals surface area contributed by atoms with Gasteiger partial charge in [-0.3, -0.25) is 19.8 Å². The highest BCUT2D eigenvalue weighted by Gasteiger charge is 2.34. The molecule has 1 heterocycles. The molecular weight excluding hydrogens is 384 g/mol. The first-order valence-electron chi connectivity index (χ1n) is 8.63. The van der Waals surface area contributed by atoms with Gasteiger partial charge in [-0.2, -0.15) is 4.31 Å². The van der Waals surface area contributed by atoms with Gasteiger partial charge in [0.05, 0.1) is 9.82 Å². The van der Waals surface area contributed by atoms with Gasteiger partial charge in [-0.05, 0) is 11.6 Å². The summed E-state index contributed by atoms with van der Waals surface area (Å²) in [4.78, 5) is 24.0. The number of primary amides is 1. The molecule has 2 aromatic rings. The van der Waals surface area contributed by atoms with Crippen LogP contribution in [-0.2, 0) is 14.8 Å². The van der Waals surface area contributed by atoms with Gasteiger partial charge in [0.1, 0.15) is 6.04 Å². The van der Waals surface area contributed by atoms with Crippen LogP contribution in [0.25, 0.3) is 0 Å². The Morgan fingerprint density at radius 3 is 2.25 bits per heavy atom. The highest BCUT2D eigenvalue weighted by molar-refractivity contribution is 7.89. The molecule has 0 saturated carbocycles. The number of hydrogen-bond acceptors (Lipinski definition) is 6. The van der Waals surface area contributed by atoms with Crippen molar-refractivity contribution in [1.29, 1.82) is 0 Å². The summed E-state index contributed by atoms with van der Waals surface area (Å²) in [6.07, 6.45) is 0. The topological polar surface area (TPSA) is 127 Å². The summed E-state index contributed by atoms with van der Waals surface area (Å²) >= 11 is 0. The van der Waals surface area contributed by atoms with Crippen LogP contribution in [-0.4, -0.2) is 54.6 Å². The smallest absolute Gasteiger partial charge is 0.270 e. The Bertz CT molecular complexity index is 972. The van der Waals surface area contributed by atoms with Gasteiger partial charge in [0, 0.05) is 38.3 Å². The molecule has 0 aromatic heterocycles. The molecule has 1 aliphatic heterocycles. The number of sulfonamides is 1. The number of rotatable bonds is 6. The van der Waals surface area contributed by atoms with Crippen LogP contribution < -0.4 is 5.73 Å². The minimum absolute atomic E-state index is 0.121. The maximum absolute atomic E-state index is 12.8. The number of carbonyl (C=O) groups excluding carboxylic acids is 1. The normalized spacial score (nSPS) is 17.1. The second-order valence-corrected chi connectivity index (χ2v) is 8.35. The van der Waals surface area contributed by atoms with E-state index in [0.717, 1.165) is 11.6 Å². The zero-order valence-electron chi connectivity index (χ0n) is 15.0. The number of amides is 1. The van der Waals surface area contributed by atoms with Crippen molar-refractivity contribution in [2.75, 3.05) is 26.2 Å². The summed E-state index contributed by atoms with van der Waals surface area (Å²) in [5.74, 6) is -0.499. The van der Waals surface area contributed by atoms with Gasteiger partial charge in [0.15, 0.2) is 0 Å². The molecule has 3 rings (SSSR count). The minimum Gasteiger partial charge on any atom is -0.368 e. The Hall–Kier alpha value is -2.82. The molecule has 0 aliphatic carbocycles. The molecule has 1 saturated heterocycles. The molecule has 1 atom stereocenters. The van der Waals surface area contributed by atoms with E-state index < -0.39 is 26.9 Å². The lowest BCUT2D eigenvalue weighted by Crippen LogP contribution is -2.51. The van der Waals surface area contributed by atoms with E-state index in [1.165, 1.54) is 22.5 Å². The number of nitrogens with two attached hydrogens (primary N) is 1. The van der Waals surface area contributed by atoms with E-state index in [4.69, 9.17) is 5.73 Å². The Morgan fingerprint density at radius 2 is 1.68 bits per heavy atom. The first-order chi connectivity index (χ1) is 13.3. The van der Waals surface area contributed by atoms with Gasteiger partial charge >= 0.3 is 0 Å². The van der Waals surface area contributed by atoms with E-state index in [2.05, 4.69) is 0 Å². The SMILES string of the molecule is NC(=O)C(c1ccccc1)N1CCN(S(=O)(=O)c2cccc([N+](=O)[O-])c2)CC1. The van der Waals surface area contributed by atoms with Crippen molar-refractivity contribution in [3.05, 3.63) is 70.3 Å². The molecule has 10 heteroatoms. The second-order valence-electron chi connectivity index (χ2n) is 6.41. The third-order valence-electron chi connectivity index (χ3n) is 4.69. The summed E-state index contributed by atoms with van der Waals surface area (Å²) in [5, 5.41) is 10.9. The molecule has 0 radical (unpaired) electrons. The molecule has 9 nitrogen and oxygen atoms in total. The van der Waals surface area contributed by atoms with Crippen molar-refractivity contribution >= 4 is 21.6 Å². The number of nitro benzene ring substituents is 1. The second kappa shape index (κ2) is 8.05. The van der Waals surface area contributed by atoms with Crippen molar-refractivity contribution < 1.29 is 18.1 Å². The molecule has 1 unspecified atom stereocenters. The predicted octanol–water partition coefficient (Wildman–Crippen LogP) is 1.13. The third-order valence-corrected chi connectivity index (χ3v) is 6.58. The van der Waals surface area contributed by atoms with Gasteiger partial charge in [0.25, 0.3) is 5.69 Å². The average molecular weight is 404 g/mol. The Morgan fingerprint density at radius 1 is 1.04 bits per heavy atom. The fraction of sp³-hybridized carbons (Fsp3) is 0.278. The molecule has 0 bridgehead atoms. The molecular formula is C18H20N4O5S. The maximum atomic E-state index is 12.8. The van der Waals surface area contributed by atoms with E-state index in [1.54, 1.807) is 0 Å². The lowest BCUT2D eigenvalue weighted by Gasteiger charge is -2.37. The summed E-state index contributed by atoms with van der Waals surface area (Å²) in [5.41, 5.74) is 6.05. The summed E-state index contributed by atoms with van der Waals surface area (Å²) in [6, 6.07) is 13.4. The van der Waals surface area contributed by atoms with Crippen molar-refractivity contribution in [3.63, 3.8) is 0 Å². The molecule has 0 spiro atoms. The monoisotopic (exact) mass is 404 g/mol. The molecule has 1 aliphatic rings. The maximum Gasteiger partial charge on any atom is 0.270 e. The summed E-state index contributed by atoms with van der Waals surface area (Å²) < 4.78 is 26.9. The van der Waals surface area contributed by atoms with Crippen LogP contribution in [0.15, 0.2) is 59.5 Å².